The number of fused-ring (bicyclic) bond motifs is 1. The molecule has 1 N–H and O–H groups in total. The number of Topliss-reactive ketones (excluding diaryl/α,β-unsaturated/α-hetero) is 1. The number of hydrogen-bond acceptors (Lipinski definition) is 9. The van der Waals surface area contributed by atoms with Gasteiger partial charge in [-0.3, -0.25) is 9.59 Å². The Balaban J connectivity index is 1.43. The van der Waals surface area contributed by atoms with E-state index in [9.17, 15) is 9.59 Å². The number of thioether (sulfide) groups is 1. The molecule has 0 atom stereocenters. The van der Waals surface area contributed by atoms with Gasteiger partial charge < -0.3 is 14.1 Å². The topological polar surface area (TPSA) is 111 Å². The number of hydrogen-bond donors (Lipinski definition) is 1. The Morgan fingerprint density at radius 2 is 2.13 bits per heavy atom. The van der Waals surface area contributed by atoms with E-state index in [1.165, 1.54) is 30.0 Å². The van der Waals surface area contributed by atoms with Crippen LogP contribution in [-0.2, 0) is 12.4 Å². The van der Waals surface area contributed by atoms with E-state index < -0.39 is 0 Å². The molecule has 0 aliphatic rings. The zero-order chi connectivity index (χ0) is 21.3. The number of ether oxygens (including phenoxy) is 1. The van der Waals surface area contributed by atoms with Gasteiger partial charge in [0.15, 0.2) is 12.4 Å². The van der Waals surface area contributed by atoms with Crippen molar-refractivity contribution in [2.75, 3.05) is 0 Å². The number of thiophene rings is 1. The first-order chi connectivity index (χ1) is 14.4. The van der Waals surface area contributed by atoms with Crippen LogP contribution in [0.4, 0.5) is 0 Å². The van der Waals surface area contributed by atoms with E-state index in [-0.39, 0.29) is 17.9 Å². The second kappa shape index (κ2) is 8.41. The van der Waals surface area contributed by atoms with Crippen molar-refractivity contribution in [3.8, 4) is 5.75 Å². The highest BCUT2D eigenvalue weighted by Gasteiger charge is 2.17. The zero-order valence-electron chi connectivity index (χ0n) is 16.5. The summed E-state index contributed by atoms with van der Waals surface area (Å²) in [5.74, 6) is 1.84. The Kier molecular flexibility index (Phi) is 5.69. The summed E-state index contributed by atoms with van der Waals surface area (Å²) in [5, 5.41) is 8.79. The molecule has 30 heavy (non-hydrogen) atoms. The number of aryl methyl sites for hydroxylation is 2. The number of carbonyl (C=O) groups excluding carboxylic acids is 1. The summed E-state index contributed by atoms with van der Waals surface area (Å²) in [4.78, 5) is 32.5. The van der Waals surface area contributed by atoms with Crippen LogP contribution in [0.5, 0.6) is 5.75 Å². The predicted molar refractivity (Wildman–Crippen MR) is 114 cm³/mol. The fourth-order valence-electron chi connectivity index (χ4n) is 2.93. The van der Waals surface area contributed by atoms with E-state index >= 15 is 0 Å². The second-order valence-corrected chi connectivity index (χ2v) is 8.59. The molecule has 154 valence electrons. The summed E-state index contributed by atoms with van der Waals surface area (Å²) in [6.07, 6.45) is 0. The molecule has 3 heterocycles. The van der Waals surface area contributed by atoms with Crippen LogP contribution in [0.15, 0.2) is 38.7 Å². The van der Waals surface area contributed by atoms with E-state index in [4.69, 9.17) is 9.15 Å². The van der Waals surface area contributed by atoms with Gasteiger partial charge in [-0.15, -0.1) is 21.5 Å². The minimum Gasteiger partial charge on any atom is -0.484 e. The first-order valence-corrected chi connectivity index (χ1v) is 10.9. The van der Waals surface area contributed by atoms with Crippen molar-refractivity contribution in [2.45, 2.75) is 38.4 Å². The molecule has 0 fully saturated rings. The lowest BCUT2D eigenvalue weighted by molar-refractivity contribution is 0.102. The molecule has 0 saturated carbocycles. The van der Waals surface area contributed by atoms with Gasteiger partial charge >= 0.3 is 0 Å². The second-order valence-electron chi connectivity index (χ2n) is 6.66. The number of benzene rings is 1. The van der Waals surface area contributed by atoms with Crippen molar-refractivity contribution in [3.63, 3.8) is 0 Å². The fraction of sp³-hybridized carbons (Fsp3) is 0.250. The van der Waals surface area contributed by atoms with Crippen LogP contribution in [0, 0.1) is 13.8 Å². The van der Waals surface area contributed by atoms with Crippen molar-refractivity contribution in [1.29, 1.82) is 0 Å². The van der Waals surface area contributed by atoms with Crippen LogP contribution in [0.25, 0.3) is 10.2 Å². The first-order valence-electron chi connectivity index (χ1n) is 9.08. The van der Waals surface area contributed by atoms with Gasteiger partial charge in [-0.1, -0.05) is 23.9 Å². The summed E-state index contributed by atoms with van der Waals surface area (Å²) >= 11 is 2.50. The van der Waals surface area contributed by atoms with E-state index in [0.29, 0.717) is 43.3 Å². The average Bonchev–Trinajstić information content (AvgIpc) is 3.29. The Morgan fingerprint density at radius 3 is 2.90 bits per heavy atom. The highest BCUT2D eigenvalue weighted by atomic mass is 32.2. The van der Waals surface area contributed by atoms with Gasteiger partial charge in [0.2, 0.25) is 0 Å². The third-order valence-corrected chi connectivity index (χ3v) is 6.42. The number of nitrogens with one attached hydrogen (secondary N) is 1. The van der Waals surface area contributed by atoms with Crippen LogP contribution >= 0.6 is 23.1 Å². The largest absolute Gasteiger partial charge is 0.484 e. The molecule has 0 aliphatic heterocycles. The summed E-state index contributed by atoms with van der Waals surface area (Å²) < 4.78 is 11.2. The third kappa shape index (κ3) is 4.29. The lowest BCUT2D eigenvalue weighted by Gasteiger charge is -2.03. The van der Waals surface area contributed by atoms with E-state index in [1.807, 2.05) is 31.2 Å². The quantitative estimate of drug-likeness (QED) is 0.337. The third-order valence-electron chi connectivity index (χ3n) is 4.30. The molecule has 1 aromatic carbocycles. The van der Waals surface area contributed by atoms with Crippen LogP contribution in [-0.4, -0.2) is 25.9 Å². The molecular formula is C20H18N4O4S2. The lowest BCUT2D eigenvalue weighted by Crippen LogP contribution is -2.11. The van der Waals surface area contributed by atoms with Gasteiger partial charge in [0.1, 0.15) is 16.4 Å². The summed E-state index contributed by atoms with van der Waals surface area (Å²) in [6, 6.07) is 7.69. The van der Waals surface area contributed by atoms with Crippen molar-refractivity contribution < 1.29 is 13.9 Å². The molecule has 0 amide bonds. The van der Waals surface area contributed by atoms with Crippen LogP contribution in [0.3, 0.4) is 0 Å². The number of carbonyl (C=O) groups is 1. The Hall–Kier alpha value is -2.98. The minimum atomic E-state index is -0.255. The van der Waals surface area contributed by atoms with Gasteiger partial charge in [0.25, 0.3) is 16.7 Å². The molecule has 0 bridgehead atoms. The normalized spacial score (nSPS) is 11.2. The Morgan fingerprint density at radius 1 is 1.30 bits per heavy atom. The SMILES string of the molecule is CC(=O)c1sc2nc(CSc3nnc(COc4cccc(C)c4)o3)[nH]c(=O)c2c1C. The monoisotopic (exact) mass is 442 g/mol. The summed E-state index contributed by atoms with van der Waals surface area (Å²) in [7, 11) is 0. The molecule has 0 spiro atoms. The number of ketones is 1. The molecule has 3 aromatic heterocycles. The predicted octanol–water partition coefficient (Wildman–Crippen LogP) is 4.06. The fourth-order valence-corrected chi connectivity index (χ4v) is 4.67. The molecule has 0 unspecified atom stereocenters. The molecule has 0 radical (unpaired) electrons. The van der Waals surface area contributed by atoms with E-state index in [2.05, 4.69) is 20.2 Å². The van der Waals surface area contributed by atoms with Crippen LogP contribution < -0.4 is 10.3 Å². The average molecular weight is 443 g/mol. The molecular weight excluding hydrogens is 424 g/mol. The van der Waals surface area contributed by atoms with Gasteiger partial charge in [0.05, 0.1) is 16.0 Å². The molecule has 10 heteroatoms. The lowest BCUT2D eigenvalue weighted by atomic mass is 10.2. The molecule has 0 saturated heterocycles. The van der Waals surface area contributed by atoms with Crippen molar-refractivity contribution in [3.05, 3.63) is 62.3 Å². The van der Waals surface area contributed by atoms with Crippen molar-refractivity contribution >= 4 is 39.1 Å². The van der Waals surface area contributed by atoms with Gasteiger partial charge in [0, 0.05) is 0 Å². The first kappa shape index (κ1) is 20.3. The number of H-pyrrole nitrogens is 1. The summed E-state index contributed by atoms with van der Waals surface area (Å²) in [5.41, 5.74) is 1.52. The minimum absolute atomic E-state index is 0.0721. The maximum absolute atomic E-state index is 12.4. The number of nitrogens with zero attached hydrogens (tertiary/aromatic N) is 3. The van der Waals surface area contributed by atoms with Gasteiger partial charge in [-0.2, -0.15) is 0 Å². The maximum atomic E-state index is 12.4. The molecule has 0 aliphatic carbocycles. The van der Waals surface area contributed by atoms with Crippen LogP contribution in [0.1, 0.15) is 39.4 Å². The summed E-state index contributed by atoms with van der Waals surface area (Å²) in [6.45, 7) is 5.40. The van der Waals surface area contributed by atoms with E-state index in [0.717, 1.165) is 11.3 Å². The van der Waals surface area contributed by atoms with Gasteiger partial charge in [-0.05, 0) is 44.0 Å². The standard InChI is InChI=1S/C20H18N4O4S2/c1-10-5-4-6-13(7-10)27-8-15-23-24-20(28-15)29-9-14-21-18(26)16-11(2)17(12(3)25)30-19(16)22-14/h4-7H,8-9H2,1-3H3,(H,21,22,26). The van der Waals surface area contributed by atoms with Gasteiger partial charge in [-0.25, -0.2) is 4.98 Å². The smallest absolute Gasteiger partial charge is 0.277 e. The van der Waals surface area contributed by atoms with Crippen molar-refractivity contribution in [2.24, 2.45) is 0 Å². The highest BCUT2D eigenvalue weighted by Crippen LogP contribution is 2.28. The molecule has 4 rings (SSSR count). The number of rotatable bonds is 7. The van der Waals surface area contributed by atoms with Crippen molar-refractivity contribution in [1.82, 2.24) is 20.2 Å². The number of aromatic amines is 1. The maximum Gasteiger partial charge on any atom is 0.277 e. The highest BCUT2D eigenvalue weighted by molar-refractivity contribution is 7.98. The molecule has 8 nitrogen and oxygen atoms in total. The number of aromatic nitrogens is 4. The van der Waals surface area contributed by atoms with Crippen LogP contribution in [0.2, 0.25) is 0 Å². The molecule has 4 aromatic rings. The Bertz CT molecular complexity index is 1290. The van der Waals surface area contributed by atoms with E-state index in [1.54, 1.807) is 6.92 Å². The zero-order valence-corrected chi connectivity index (χ0v) is 18.1. The Labute approximate surface area is 179 Å².